The summed E-state index contributed by atoms with van der Waals surface area (Å²) in [6, 6.07) is 0. The Morgan fingerprint density at radius 1 is 1.47 bits per heavy atom. The number of nitrogens with zero attached hydrogens (tertiary/aromatic N) is 4. The molecule has 3 heterocycles. The van der Waals surface area contributed by atoms with Crippen molar-refractivity contribution in [2.24, 2.45) is 0 Å². The molecule has 8 heteroatoms. The van der Waals surface area contributed by atoms with Gasteiger partial charge in [-0.25, -0.2) is 9.50 Å². The smallest absolute Gasteiger partial charge is 0.261 e. The fourth-order valence-electron chi connectivity index (χ4n) is 1.60. The SMILES string of the molecule is O=C(Nc1nc(CCl)cs1)c1cnn2ccncc12. The summed E-state index contributed by atoms with van der Waals surface area (Å²) in [6.45, 7) is 0. The quantitative estimate of drug-likeness (QED) is 0.751. The molecule has 0 bridgehead atoms. The van der Waals surface area contributed by atoms with E-state index in [0.717, 1.165) is 5.69 Å². The number of amides is 1. The summed E-state index contributed by atoms with van der Waals surface area (Å²) < 4.78 is 1.59. The number of fused-ring (bicyclic) bond motifs is 1. The highest BCUT2D eigenvalue weighted by molar-refractivity contribution is 7.14. The summed E-state index contributed by atoms with van der Waals surface area (Å²) >= 11 is 7.00. The molecule has 1 N–H and O–H groups in total. The third kappa shape index (κ3) is 2.29. The highest BCUT2D eigenvalue weighted by atomic mass is 35.5. The molecule has 3 aromatic rings. The predicted octanol–water partition coefficient (Wildman–Crippen LogP) is 2.18. The molecule has 0 spiro atoms. The van der Waals surface area contributed by atoms with Crippen LogP contribution in [0.4, 0.5) is 5.13 Å². The maximum absolute atomic E-state index is 12.1. The molecule has 0 aromatic carbocycles. The monoisotopic (exact) mass is 293 g/mol. The number of hydrogen-bond acceptors (Lipinski definition) is 5. The van der Waals surface area contributed by atoms with E-state index >= 15 is 0 Å². The highest BCUT2D eigenvalue weighted by Gasteiger charge is 2.14. The van der Waals surface area contributed by atoms with Gasteiger partial charge < -0.3 is 0 Å². The van der Waals surface area contributed by atoms with Crippen molar-refractivity contribution in [3.8, 4) is 0 Å². The molecule has 0 saturated carbocycles. The molecule has 6 nitrogen and oxygen atoms in total. The third-order valence-corrected chi connectivity index (χ3v) is 3.56. The fourth-order valence-corrected chi connectivity index (χ4v) is 2.53. The summed E-state index contributed by atoms with van der Waals surface area (Å²) in [7, 11) is 0. The van der Waals surface area contributed by atoms with Gasteiger partial charge in [-0.1, -0.05) is 0 Å². The zero-order valence-corrected chi connectivity index (χ0v) is 11.1. The highest BCUT2D eigenvalue weighted by Crippen LogP contribution is 2.18. The molecule has 0 radical (unpaired) electrons. The van der Waals surface area contributed by atoms with Gasteiger partial charge in [0, 0.05) is 17.8 Å². The second kappa shape index (κ2) is 4.94. The Balaban J connectivity index is 1.87. The number of thiazole rings is 1. The number of anilines is 1. The van der Waals surface area contributed by atoms with Crippen molar-refractivity contribution in [3.05, 3.63) is 41.4 Å². The van der Waals surface area contributed by atoms with Gasteiger partial charge in [0.1, 0.15) is 0 Å². The zero-order valence-electron chi connectivity index (χ0n) is 9.58. The van der Waals surface area contributed by atoms with Gasteiger partial charge >= 0.3 is 0 Å². The standard InChI is InChI=1S/C11H8ClN5OS/c12-3-7-6-19-11(15-7)16-10(18)8-4-14-17-2-1-13-5-9(8)17/h1-2,4-6H,3H2,(H,15,16,18). The van der Waals surface area contributed by atoms with Crippen LogP contribution in [-0.2, 0) is 5.88 Å². The minimum atomic E-state index is -0.265. The molecule has 0 saturated heterocycles. The van der Waals surface area contributed by atoms with E-state index in [1.807, 2.05) is 0 Å². The number of rotatable bonds is 3. The van der Waals surface area contributed by atoms with Crippen LogP contribution in [0.3, 0.4) is 0 Å². The van der Waals surface area contributed by atoms with Gasteiger partial charge in [-0.3, -0.25) is 15.1 Å². The van der Waals surface area contributed by atoms with Crippen molar-refractivity contribution < 1.29 is 4.79 Å². The molecule has 96 valence electrons. The molecular weight excluding hydrogens is 286 g/mol. The average Bonchev–Trinajstić information content (AvgIpc) is 3.04. The predicted molar refractivity (Wildman–Crippen MR) is 72.6 cm³/mol. The van der Waals surface area contributed by atoms with E-state index in [0.29, 0.717) is 22.1 Å². The van der Waals surface area contributed by atoms with Gasteiger partial charge in [-0.2, -0.15) is 5.10 Å². The normalized spacial score (nSPS) is 10.8. The maximum Gasteiger partial charge on any atom is 0.261 e. The lowest BCUT2D eigenvalue weighted by molar-refractivity contribution is 0.102. The van der Waals surface area contributed by atoms with Crippen molar-refractivity contribution in [1.29, 1.82) is 0 Å². The number of alkyl halides is 1. The van der Waals surface area contributed by atoms with E-state index in [1.165, 1.54) is 17.5 Å². The molecule has 0 unspecified atom stereocenters. The summed E-state index contributed by atoms with van der Waals surface area (Å²) in [4.78, 5) is 20.3. The number of carbonyl (C=O) groups is 1. The maximum atomic E-state index is 12.1. The van der Waals surface area contributed by atoms with Crippen LogP contribution >= 0.6 is 22.9 Å². The van der Waals surface area contributed by atoms with Crippen molar-refractivity contribution in [2.75, 3.05) is 5.32 Å². The first-order chi connectivity index (χ1) is 9.28. The second-order valence-corrected chi connectivity index (χ2v) is 4.82. The molecule has 0 aliphatic rings. The van der Waals surface area contributed by atoms with E-state index in [2.05, 4.69) is 20.4 Å². The van der Waals surface area contributed by atoms with Gasteiger partial charge in [0.05, 0.1) is 35.0 Å². The van der Waals surface area contributed by atoms with Gasteiger partial charge in [-0.15, -0.1) is 22.9 Å². The Labute approximate surface area is 117 Å². The minimum absolute atomic E-state index is 0.265. The van der Waals surface area contributed by atoms with Crippen LogP contribution in [0.15, 0.2) is 30.2 Å². The number of hydrogen-bond donors (Lipinski definition) is 1. The lowest BCUT2D eigenvalue weighted by Crippen LogP contribution is -2.11. The van der Waals surface area contributed by atoms with Crippen LogP contribution in [0, 0.1) is 0 Å². The Hall–Kier alpha value is -1.99. The summed E-state index contributed by atoms with van der Waals surface area (Å²) in [6.07, 6.45) is 6.38. The summed E-state index contributed by atoms with van der Waals surface area (Å²) in [5, 5.41) is 9.12. The van der Waals surface area contributed by atoms with E-state index in [4.69, 9.17) is 11.6 Å². The van der Waals surface area contributed by atoms with Crippen molar-refractivity contribution in [3.63, 3.8) is 0 Å². The van der Waals surface area contributed by atoms with Crippen molar-refractivity contribution >= 4 is 39.5 Å². The van der Waals surface area contributed by atoms with Crippen LogP contribution in [0.2, 0.25) is 0 Å². The third-order valence-electron chi connectivity index (χ3n) is 2.48. The molecule has 3 rings (SSSR count). The lowest BCUT2D eigenvalue weighted by Gasteiger charge is -1.99. The van der Waals surface area contributed by atoms with E-state index in [1.54, 1.807) is 28.5 Å². The van der Waals surface area contributed by atoms with Crippen molar-refractivity contribution in [2.45, 2.75) is 5.88 Å². The fraction of sp³-hybridized carbons (Fsp3) is 0.0909. The first-order valence-corrected chi connectivity index (χ1v) is 6.78. The average molecular weight is 294 g/mol. The van der Waals surface area contributed by atoms with Crippen LogP contribution in [0.5, 0.6) is 0 Å². The largest absolute Gasteiger partial charge is 0.298 e. The van der Waals surface area contributed by atoms with Crippen LogP contribution in [0.25, 0.3) is 5.52 Å². The van der Waals surface area contributed by atoms with Crippen LogP contribution in [-0.4, -0.2) is 25.5 Å². The molecule has 1 amide bonds. The lowest BCUT2D eigenvalue weighted by atomic mass is 10.3. The van der Waals surface area contributed by atoms with Crippen LogP contribution < -0.4 is 5.32 Å². The first kappa shape index (κ1) is 12.1. The second-order valence-electron chi connectivity index (χ2n) is 3.70. The van der Waals surface area contributed by atoms with E-state index in [-0.39, 0.29) is 5.91 Å². The topological polar surface area (TPSA) is 72.2 Å². The van der Waals surface area contributed by atoms with Gasteiger partial charge in [0.15, 0.2) is 5.13 Å². The zero-order chi connectivity index (χ0) is 13.2. The van der Waals surface area contributed by atoms with Gasteiger partial charge in [0.2, 0.25) is 0 Å². The Morgan fingerprint density at radius 3 is 3.16 bits per heavy atom. The number of carbonyl (C=O) groups excluding carboxylic acids is 1. The van der Waals surface area contributed by atoms with E-state index in [9.17, 15) is 4.79 Å². The molecule has 0 atom stereocenters. The Bertz CT molecular complexity index is 737. The van der Waals surface area contributed by atoms with E-state index < -0.39 is 0 Å². The Kier molecular flexibility index (Phi) is 3.14. The molecule has 19 heavy (non-hydrogen) atoms. The summed E-state index contributed by atoms with van der Waals surface area (Å²) in [5.74, 6) is 0.0611. The molecule has 0 aliphatic heterocycles. The van der Waals surface area contributed by atoms with Crippen LogP contribution in [0.1, 0.15) is 16.1 Å². The van der Waals surface area contributed by atoms with Crippen molar-refractivity contribution in [1.82, 2.24) is 19.6 Å². The first-order valence-electron chi connectivity index (χ1n) is 5.37. The number of aromatic nitrogens is 4. The Morgan fingerprint density at radius 2 is 2.37 bits per heavy atom. The number of halogens is 1. The van der Waals surface area contributed by atoms with Gasteiger partial charge in [0.25, 0.3) is 5.91 Å². The number of nitrogens with one attached hydrogen (secondary N) is 1. The molecule has 0 fully saturated rings. The minimum Gasteiger partial charge on any atom is -0.298 e. The molecular formula is C11H8ClN5OS. The molecule has 3 aromatic heterocycles. The summed E-state index contributed by atoms with van der Waals surface area (Å²) in [5.41, 5.74) is 1.84. The van der Waals surface area contributed by atoms with Gasteiger partial charge in [-0.05, 0) is 0 Å². The molecule has 0 aliphatic carbocycles.